The number of carbonyl (C=O) groups is 1. The van der Waals surface area contributed by atoms with Crippen LogP contribution in [0.25, 0.3) is 0 Å². The van der Waals surface area contributed by atoms with E-state index in [-0.39, 0.29) is 6.04 Å². The van der Waals surface area contributed by atoms with Crippen molar-refractivity contribution in [2.24, 2.45) is 0 Å². The Hall–Kier alpha value is -0.0300. The van der Waals surface area contributed by atoms with Crippen LogP contribution < -0.4 is 5.32 Å². The fourth-order valence-electron chi connectivity index (χ4n) is 0.567. The molecule has 0 spiro atoms. The van der Waals surface area contributed by atoms with Crippen LogP contribution >= 0.6 is 21.6 Å². The summed E-state index contributed by atoms with van der Waals surface area (Å²) in [5.74, 6) is 1.80. The maximum Gasteiger partial charge on any atom is 0.404 e. The van der Waals surface area contributed by atoms with Gasteiger partial charge in [-0.15, -0.1) is 0 Å². The van der Waals surface area contributed by atoms with Crippen molar-refractivity contribution in [3.05, 3.63) is 0 Å². The molecule has 1 fully saturated rings. The third-order valence-electron chi connectivity index (χ3n) is 0.949. The molecule has 9 heavy (non-hydrogen) atoms. The third-order valence-corrected chi connectivity index (χ3v) is 3.51. The molecule has 1 saturated heterocycles. The van der Waals surface area contributed by atoms with Crippen LogP contribution in [0.15, 0.2) is 0 Å². The largest absolute Gasteiger partial charge is 0.465 e. The van der Waals surface area contributed by atoms with Gasteiger partial charge in [0, 0.05) is 11.5 Å². The summed E-state index contributed by atoms with van der Waals surface area (Å²) in [5, 5.41) is 10.7. The van der Waals surface area contributed by atoms with Crippen molar-refractivity contribution >= 4 is 27.7 Å². The molecule has 0 atom stereocenters. The predicted octanol–water partition coefficient (Wildman–Crippen LogP) is 1.02. The summed E-state index contributed by atoms with van der Waals surface area (Å²) in [4.78, 5) is 10.0. The molecule has 2 N–H and O–H groups in total. The average molecular weight is 165 g/mol. The first-order valence-corrected chi connectivity index (χ1v) is 5.01. The molecule has 1 aliphatic heterocycles. The van der Waals surface area contributed by atoms with Gasteiger partial charge < -0.3 is 10.4 Å². The Kier molecular flexibility index (Phi) is 2.53. The Morgan fingerprint density at radius 3 is 2.56 bits per heavy atom. The van der Waals surface area contributed by atoms with Gasteiger partial charge in [-0.05, 0) is 0 Å². The zero-order valence-corrected chi connectivity index (χ0v) is 6.30. The van der Waals surface area contributed by atoms with Gasteiger partial charge in [0.05, 0.1) is 6.04 Å². The zero-order chi connectivity index (χ0) is 6.69. The Labute approximate surface area is 61.0 Å². The third kappa shape index (κ3) is 2.36. The van der Waals surface area contributed by atoms with E-state index in [4.69, 9.17) is 5.11 Å². The molecular weight excluding hydrogens is 158 g/mol. The Balaban J connectivity index is 2.19. The lowest BCUT2D eigenvalue weighted by Crippen LogP contribution is -2.34. The standard InChI is InChI=1S/C4H7NO2S2/c6-4(7)5-3-1-8-9-2-3/h3,5H,1-2H2,(H,6,7). The predicted molar refractivity (Wildman–Crippen MR) is 39.9 cm³/mol. The molecule has 0 aliphatic carbocycles. The van der Waals surface area contributed by atoms with E-state index in [1.54, 1.807) is 21.6 Å². The molecule has 52 valence electrons. The summed E-state index contributed by atoms with van der Waals surface area (Å²) in [7, 11) is 3.43. The van der Waals surface area contributed by atoms with E-state index < -0.39 is 6.09 Å². The van der Waals surface area contributed by atoms with Crippen molar-refractivity contribution in [1.82, 2.24) is 5.32 Å². The van der Waals surface area contributed by atoms with Gasteiger partial charge in [-0.1, -0.05) is 21.6 Å². The van der Waals surface area contributed by atoms with Crippen molar-refractivity contribution < 1.29 is 9.90 Å². The Morgan fingerprint density at radius 1 is 1.56 bits per heavy atom. The molecule has 0 bridgehead atoms. The normalized spacial score (nSPS) is 20.0. The van der Waals surface area contributed by atoms with E-state index in [0.29, 0.717) is 0 Å². The van der Waals surface area contributed by atoms with Crippen LogP contribution in [0.5, 0.6) is 0 Å². The molecule has 0 aromatic rings. The smallest absolute Gasteiger partial charge is 0.404 e. The molecule has 1 rings (SSSR count). The Morgan fingerprint density at radius 2 is 2.11 bits per heavy atom. The topological polar surface area (TPSA) is 49.3 Å². The van der Waals surface area contributed by atoms with Crippen LogP contribution in [-0.2, 0) is 0 Å². The lowest BCUT2D eigenvalue weighted by molar-refractivity contribution is 0.192. The fraction of sp³-hybridized carbons (Fsp3) is 0.750. The molecule has 3 nitrogen and oxygen atoms in total. The highest BCUT2D eigenvalue weighted by Gasteiger charge is 2.17. The van der Waals surface area contributed by atoms with Gasteiger partial charge in [-0.25, -0.2) is 4.79 Å². The summed E-state index contributed by atoms with van der Waals surface area (Å²) < 4.78 is 0. The molecule has 1 amide bonds. The summed E-state index contributed by atoms with van der Waals surface area (Å²) in [6, 6.07) is 0.164. The van der Waals surface area contributed by atoms with E-state index in [2.05, 4.69) is 5.32 Å². The lowest BCUT2D eigenvalue weighted by atomic mass is 10.4. The lowest BCUT2D eigenvalue weighted by Gasteiger charge is -2.04. The van der Waals surface area contributed by atoms with Gasteiger partial charge in [0.1, 0.15) is 0 Å². The summed E-state index contributed by atoms with van der Waals surface area (Å²) in [6.45, 7) is 0. The number of nitrogens with one attached hydrogen (secondary N) is 1. The van der Waals surface area contributed by atoms with Crippen LogP contribution in [0.3, 0.4) is 0 Å². The molecule has 1 heterocycles. The quantitative estimate of drug-likeness (QED) is 0.569. The second kappa shape index (κ2) is 3.22. The maximum absolute atomic E-state index is 10.0. The van der Waals surface area contributed by atoms with E-state index in [1.807, 2.05) is 0 Å². The van der Waals surface area contributed by atoms with Crippen molar-refractivity contribution in [3.63, 3.8) is 0 Å². The first-order valence-electron chi connectivity index (χ1n) is 2.53. The highest BCUT2D eigenvalue weighted by molar-refractivity contribution is 8.77. The van der Waals surface area contributed by atoms with Gasteiger partial charge in [0.25, 0.3) is 0 Å². The molecule has 0 aromatic carbocycles. The minimum absolute atomic E-state index is 0.164. The highest BCUT2D eigenvalue weighted by atomic mass is 33.1. The van der Waals surface area contributed by atoms with E-state index in [1.165, 1.54) is 0 Å². The minimum Gasteiger partial charge on any atom is -0.465 e. The number of amides is 1. The Bertz CT molecular complexity index is 113. The van der Waals surface area contributed by atoms with Gasteiger partial charge in [-0.3, -0.25) is 0 Å². The molecule has 1 aliphatic rings. The van der Waals surface area contributed by atoms with E-state index in [0.717, 1.165) is 11.5 Å². The van der Waals surface area contributed by atoms with Crippen LogP contribution in [0.4, 0.5) is 4.79 Å². The van der Waals surface area contributed by atoms with Crippen LogP contribution in [0, 0.1) is 0 Å². The van der Waals surface area contributed by atoms with Gasteiger partial charge in [0.2, 0.25) is 0 Å². The highest BCUT2D eigenvalue weighted by Crippen LogP contribution is 2.30. The van der Waals surface area contributed by atoms with Gasteiger partial charge >= 0.3 is 6.09 Å². The van der Waals surface area contributed by atoms with E-state index >= 15 is 0 Å². The summed E-state index contributed by atoms with van der Waals surface area (Å²) in [5.41, 5.74) is 0. The zero-order valence-electron chi connectivity index (χ0n) is 4.66. The number of carboxylic acid groups (broad SMARTS) is 1. The first-order chi connectivity index (χ1) is 4.29. The number of hydrogen-bond acceptors (Lipinski definition) is 3. The van der Waals surface area contributed by atoms with Crippen molar-refractivity contribution in [3.8, 4) is 0 Å². The van der Waals surface area contributed by atoms with Gasteiger partial charge in [-0.2, -0.15) is 0 Å². The summed E-state index contributed by atoms with van der Waals surface area (Å²) >= 11 is 0. The molecule has 0 saturated carbocycles. The van der Waals surface area contributed by atoms with Crippen LogP contribution in [-0.4, -0.2) is 28.7 Å². The van der Waals surface area contributed by atoms with Crippen LogP contribution in [0.1, 0.15) is 0 Å². The van der Waals surface area contributed by atoms with Crippen molar-refractivity contribution in [2.75, 3.05) is 11.5 Å². The molecule has 0 aromatic heterocycles. The molecule has 0 radical (unpaired) electrons. The summed E-state index contributed by atoms with van der Waals surface area (Å²) in [6.07, 6.45) is -0.914. The average Bonchev–Trinajstić information content (AvgIpc) is 2.15. The second-order valence-electron chi connectivity index (χ2n) is 1.72. The maximum atomic E-state index is 10.0. The van der Waals surface area contributed by atoms with E-state index in [9.17, 15) is 4.79 Å². The van der Waals surface area contributed by atoms with Gasteiger partial charge in [0.15, 0.2) is 0 Å². The second-order valence-corrected chi connectivity index (χ2v) is 4.27. The first kappa shape index (κ1) is 7.08. The minimum atomic E-state index is -0.914. The van der Waals surface area contributed by atoms with Crippen LogP contribution in [0.2, 0.25) is 0 Å². The molecular formula is C4H7NO2S2. The van der Waals surface area contributed by atoms with Crippen molar-refractivity contribution in [1.29, 1.82) is 0 Å². The monoisotopic (exact) mass is 165 g/mol. The SMILES string of the molecule is O=C(O)NC1CSSC1. The molecule has 5 heteroatoms. The molecule has 0 unspecified atom stereocenters. The fourth-order valence-corrected chi connectivity index (χ4v) is 3.20. The van der Waals surface area contributed by atoms with Crippen molar-refractivity contribution in [2.45, 2.75) is 6.04 Å². The number of rotatable bonds is 1. The number of hydrogen-bond donors (Lipinski definition) is 2.